The first kappa shape index (κ1) is 9.87. The highest BCUT2D eigenvalue weighted by Crippen LogP contribution is 2.20. The Kier molecular flexibility index (Phi) is 2.79. The second-order valence-corrected chi connectivity index (χ2v) is 3.61. The summed E-state index contributed by atoms with van der Waals surface area (Å²) in [5, 5.41) is 9.05. The van der Waals surface area contributed by atoms with Crippen LogP contribution in [-0.4, -0.2) is 10.1 Å². The zero-order valence-electron chi connectivity index (χ0n) is 8.64. The summed E-state index contributed by atoms with van der Waals surface area (Å²) in [4.78, 5) is 4.15. The molecule has 0 aliphatic rings. The maximum atomic E-state index is 9.05. The third-order valence-corrected chi connectivity index (χ3v) is 2.32. The van der Waals surface area contributed by atoms with Crippen LogP contribution in [0.4, 0.5) is 0 Å². The zero-order valence-corrected chi connectivity index (χ0v) is 8.64. The zero-order chi connectivity index (χ0) is 10.7. The molecule has 0 fully saturated rings. The first-order valence-electron chi connectivity index (χ1n) is 4.91. The van der Waals surface area contributed by atoms with Crippen molar-refractivity contribution in [2.75, 3.05) is 0 Å². The van der Waals surface area contributed by atoms with Crippen LogP contribution >= 0.6 is 0 Å². The number of nitrogens with zero attached hydrogens (tertiary/aromatic N) is 1. The fraction of sp³-hybridized carbons (Fsp3) is 0.154. The van der Waals surface area contributed by atoms with E-state index in [4.69, 9.17) is 5.11 Å². The molecule has 0 saturated carbocycles. The van der Waals surface area contributed by atoms with Gasteiger partial charge in [-0.2, -0.15) is 0 Å². The number of benzene rings is 1. The summed E-state index contributed by atoms with van der Waals surface area (Å²) in [6.07, 6.45) is 3.67. The molecule has 0 radical (unpaired) electrons. The van der Waals surface area contributed by atoms with Crippen molar-refractivity contribution < 1.29 is 5.11 Å². The third kappa shape index (κ3) is 2.22. The summed E-state index contributed by atoms with van der Waals surface area (Å²) in [6, 6.07) is 9.95. The SMILES string of the molecule is Cc1cncc(-c2cccc(CO)c2)c1. The molecule has 2 rings (SSSR count). The van der Waals surface area contributed by atoms with E-state index in [1.165, 1.54) is 0 Å². The Morgan fingerprint density at radius 2 is 2.00 bits per heavy atom. The number of hydrogen-bond donors (Lipinski definition) is 1. The molecule has 1 N–H and O–H groups in total. The van der Waals surface area contributed by atoms with Crippen LogP contribution in [0.15, 0.2) is 42.7 Å². The highest BCUT2D eigenvalue weighted by Gasteiger charge is 1.99. The van der Waals surface area contributed by atoms with Gasteiger partial charge in [-0.1, -0.05) is 18.2 Å². The largest absolute Gasteiger partial charge is 0.392 e. The number of aromatic nitrogens is 1. The first-order chi connectivity index (χ1) is 7.29. The molecule has 0 unspecified atom stereocenters. The number of pyridine rings is 1. The lowest BCUT2D eigenvalue weighted by Gasteiger charge is -2.03. The number of hydrogen-bond acceptors (Lipinski definition) is 2. The molecule has 0 amide bonds. The molecular weight excluding hydrogens is 186 g/mol. The molecule has 0 saturated heterocycles. The second kappa shape index (κ2) is 4.24. The van der Waals surface area contributed by atoms with Crippen molar-refractivity contribution in [2.24, 2.45) is 0 Å². The molecule has 1 aromatic carbocycles. The fourth-order valence-electron chi connectivity index (χ4n) is 1.56. The van der Waals surface area contributed by atoms with Gasteiger partial charge in [-0.15, -0.1) is 0 Å². The van der Waals surface area contributed by atoms with Gasteiger partial charge in [0, 0.05) is 18.0 Å². The van der Waals surface area contributed by atoms with Crippen LogP contribution in [0.25, 0.3) is 11.1 Å². The number of rotatable bonds is 2. The molecule has 76 valence electrons. The Morgan fingerprint density at radius 1 is 1.13 bits per heavy atom. The Morgan fingerprint density at radius 3 is 2.73 bits per heavy atom. The van der Waals surface area contributed by atoms with Crippen molar-refractivity contribution in [1.29, 1.82) is 0 Å². The smallest absolute Gasteiger partial charge is 0.0682 e. The van der Waals surface area contributed by atoms with Crippen LogP contribution in [0.3, 0.4) is 0 Å². The van der Waals surface area contributed by atoms with Gasteiger partial charge in [0.25, 0.3) is 0 Å². The Hall–Kier alpha value is -1.67. The van der Waals surface area contributed by atoms with Crippen LogP contribution in [0.1, 0.15) is 11.1 Å². The lowest BCUT2D eigenvalue weighted by molar-refractivity contribution is 0.282. The van der Waals surface area contributed by atoms with E-state index in [9.17, 15) is 0 Å². The Balaban J connectivity index is 2.44. The van der Waals surface area contributed by atoms with Crippen molar-refractivity contribution in [3.63, 3.8) is 0 Å². The molecule has 1 aromatic heterocycles. The average molecular weight is 199 g/mol. The summed E-state index contributed by atoms with van der Waals surface area (Å²) in [5.41, 5.74) is 4.25. The molecule has 1 heterocycles. The van der Waals surface area contributed by atoms with Crippen LogP contribution in [0.5, 0.6) is 0 Å². The van der Waals surface area contributed by atoms with Gasteiger partial charge in [-0.05, 0) is 35.7 Å². The van der Waals surface area contributed by atoms with Gasteiger partial charge in [0.15, 0.2) is 0 Å². The molecule has 0 spiro atoms. The molecule has 0 aliphatic carbocycles. The van der Waals surface area contributed by atoms with Crippen molar-refractivity contribution >= 4 is 0 Å². The highest BCUT2D eigenvalue weighted by molar-refractivity contribution is 5.63. The predicted molar refractivity (Wildman–Crippen MR) is 60.3 cm³/mol. The number of aryl methyl sites for hydroxylation is 1. The van der Waals surface area contributed by atoms with Crippen molar-refractivity contribution in [2.45, 2.75) is 13.5 Å². The van der Waals surface area contributed by atoms with E-state index in [1.807, 2.05) is 43.6 Å². The van der Waals surface area contributed by atoms with Gasteiger partial charge < -0.3 is 5.11 Å². The van der Waals surface area contributed by atoms with Crippen LogP contribution in [-0.2, 0) is 6.61 Å². The van der Waals surface area contributed by atoms with Gasteiger partial charge in [-0.25, -0.2) is 0 Å². The summed E-state index contributed by atoms with van der Waals surface area (Å²) < 4.78 is 0. The molecule has 15 heavy (non-hydrogen) atoms. The molecular formula is C13H13NO. The Bertz CT molecular complexity index is 466. The standard InChI is InChI=1S/C13H13NO/c1-10-5-13(8-14-7-10)12-4-2-3-11(6-12)9-15/h2-8,15H,9H2,1H3. The van der Waals surface area contributed by atoms with Crippen molar-refractivity contribution in [3.8, 4) is 11.1 Å². The molecule has 2 aromatic rings. The molecule has 0 atom stereocenters. The van der Waals surface area contributed by atoms with Crippen LogP contribution < -0.4 is 0 Å². The van der Waals surface area contributed by atoms with E-state index in [0.717, 1.165) is 22.3 Å². The average Bonchev–Trinajstić information content (AvgIpc) is 2.29. The van der Waals surface area contributed by atoms with Gasteiger partial charge in [0.05, 0.1) is 6.61 Å². The highest BCUT2D eigenvalue weighted by atomic mass is 16.3. The minimum atomic E-state index is 0.0765. The topological polar surface area (TPSA) is 33.1 Å². The maximum absolute atomic E-state index is 9.05. The lowest BCUT2D eigenvalue weighted by Crippen LogP contribution is -1.86. The normalized spacial score (nSPS) is 10.3. The predicted octanol–water partition coefficient (Wildman–Crippen LogP) is 2.55. The third-order valence-electron chi connectivity index (χ3n) is 2.32. The number of aliphatic hydroxyl groups is 1. The lowest BCUT2D eigenvalue weighted by atomic mass is 10.0. The minimum Gasteiger partial charge on any atom is -0.392 e. The van der Waals surface area contributed by atoms with Crippen LogP contribution in [0, 0.1) is 6.92 Å². The molecule has 0 aliphatic heterocycles. The van der Waals surface area contributed by atoms with Gasteiger partial charge in [0.2, 0.25) is 0 Å². The number of aliphatic hydroxyl groups excluding tert-OH is 1. The van der Waals surface area contributed by atoms with Gasteiger partial charge >= 0.3 is 0 Å². The van der Waals surface area contributed by atoms with Gasteiger partial charge in [-0.3, -0.25) is 4.98 Å². The Labute approximate surface area is 89.2 Å². The minimum absolute atomic E-state index is 0.0765. The van der Waals surface area contributed by atoms with Crippen molar-refractivity contribution in [3.05, 3.63) is 53.9 Å². The monoisotopic (exact) mass is 199 g/mol. The molecule has 2 nitrogen and oxygen atoms in total. The first-order valence-corrected chi connectivity index (χ1v) is 4.91. The summed E-state index contributed by atoms with van der Waals surface area (Å²) in [5.74, 6) is 0. The fourth-order valence-corrected chi connectivity index (χ4v) is 1.56. The molecule has 2 heteroatoms. The summed E-state index contributed by atoms with van der Waals surface area (Å²) in [7, 11) is 0. The molecule has 0 bridgehead atoms. The second-order valence-electron chi connectivity index (χ2n) is 3.61. The van der Waals surface area contributed by atoms with Crippen molar-refractivity contribution in [1.82, 2.24) is 4.98 Å². The van der Waals surface area contributed by atoms with E-state index in [-0.39, 0.29) is 6.61 Å². The van der Waals surface area contributed by atoms with E-state index in [1.54, 1.807) is 0 Å². The van der Waals surface area contributed by atoms with E-state index >= 15 is 0 Å². The van der Waals surface area contributed by atoms with E-state index in [2.05, 4.69) is 11.1 Å². The quantitative estimate of drug-likeness (QED) is 0.806. The van der Waals surface area contributed by atoms with Gasteiger partial charge in [0.1, 0.15) is 0 Å². The van der Waals surface area contributed by atoms with Crippen LogP contribution in [0.2, 0.25) is 0 Å². The maximum Gasteiger partial charge on any atom is 0.0682 e. The van der Waals surface area contributed by atoms with E-state index in [0.29, 0.717) is 0 Å². The van der Waals surface area contributed by atoms with E-state index < -0.39 is 0 Å². The summed E-state index contributed by atoms with van der Waals surface area (Å²) in [6.45, 7) is 2.10. The summed E-state index contributed by atoms with van der Waals surface area (Å²) >= 11 is 0.